The van der Waals surface area contributed by atoms with Crippen molar-refractivity contribution >= 4 is 5.71 Å². The summed E-state index contributed by atoms with van der Waals surface area (Å²) >= 11 is 0. The molecule has 0 aromatic heterocycles. The number of rotatable bonds is 5. The number of ether oxygens (including phenoxy) is 4. The largest absolute Gasteiger partial charge is 0.493 e. The van der Waals surface area contributed by atoms with E-state index < -0.39 is 6.23 Å². The summed E-state index contributed by atoms with van der Waals surface area (Å²) in [5, 5.41) is 6.87. The fraction of sp³-hybridized carbons (Fsp3) is 0.240. The molecule has 7 heteroatoms. The van der Waals surface area contributed by atoms with Crippen molar-refractivity contribution < 1.29 is 23.3 Å². The highest BCUT2D eigenvalue weighted by atomic mass is 19.1. The van der Waals surface area contributed by atoms with Gasteiger partial charge in [0.2, 0.25) is 12.0 Å². The Balaban J connectivity index is 1.61. The Morgan fingerprint density at radius 3 is 2.28 bits per heavy atom. The number of hydrogen-bond donors (Lipinski definition) is 0. The van der Waals surface area contributed by atoms with Crippen LogP contribution >= 0.6 is 0 Å². The van der Waals surface area contributed by atoms with E-state index in [4.69, 9.17) is 24.0 Å². The molecule has 2 heterocycles. The van der Waals surface area contributed by atoms with E-state index in [9.17, 15) is 4.39 Å². The molecule has 0 unspecified atom stereocenters. The lowest BCUT2D eigenvalue weighted by Crippen LogP contribution is -2.33. The summed E-state index contributed by atoms with van der Waals surface area (Å²) in [5.74, 6) is 2.14. The molecule has 2 aliphatic heterocycles. The Kier molecular flexibility index (Phi) is 5.09. The van der Waals surface area contributed by atoms with Crippen molar-refractivity contribution in [2.45, 2.75) is 18.7 Å². The van der Waals surface area contributed by atoms with E-state index in [1.165, 1.54) is 12.1 Å². The van der Waals surface area contributed by atoms with Gasteiger partial charge >= 0.3 is 0 Å². The van der Waals surface area contributed by atoms with Crippen LogP contribution in [0, 0.1) is 5.82 Å². The Labute approximate surface area is 185 Å². The topological polar surface area (TPSA) is 52.5 Å². The van der Waals surface area contributed by atoms with Gasteiger partial charge < -0.3 is 18.9 Å². The van der Waals surface area contributed by atoms with Gasteiger partial charge in [-0.1, -0.05) is 30.3 Å². The van der Waals surface area contributed by atoms with E-state index in [0.717, 1.165) is 28.2 Å². The summed E-state index contributed by atoms with van der Waals surface area (Å²) in [5.41, 5.74) is 3.66. The van der Waals surface area contributed by atoms with Crippen LogP contribution in [-0.4, -0.2) is 32.0 Å². The molecule has 0 spiro atoms. The average molecular weight is 434 g/mol. The van der Waals surface area contributed by atoms with Crippen LogP contribution < -0.4 is 18.9 Å². The van der Waals surface area contributed by atoms with Gasteiger partial charge in [0, 0.05) is 17.5 Å². The average Bonchev–Trinajstić information content (AvgIpc) is 3.28. The molecular weight excluding hydrogens is 411 g/mol. The summed E-state index contributed by atoms with van der Waals surface area (Å²) < 4.78 is 36.4. The third-order valence-electron chi connectivity index (χ3n) is 5.85. The van der Waals surface area contributed by atoms with Gasteiger partial charge in [0.05, 0.1) is 33.1 Å². The van der Waals surface area contributed by atoms with Crippen molar-refractivity contribution in [1.82, 2.24) is 5.01 Å². The number of para-hydroxylation sites is 1. The maximum Gasteiger partial charge on any atom is 0.214 e. The van der Waals surface area contributed by atoms with Gasteiger partial charge in [0.1, 0.15) is 11.6 Å². The molecule has 0 N–H and O–H groups in total. The highest BCUT2D eigenvalue weighted by Crippen LogP contribution is 2.49. The van der Waals surface area contributed by atoms with Crippen molar-refractivity contribution in [3.05, 3.63) is 83.2 Å². The number of halogens is 1. The summed E-state index contributed by atoms with van der Waals surface area (Å²) in [4.78, 5) is 0. The predicted molar refractivity (Wildman–Crippen MR) is 118 cm³/mol. The normalized spacial score (nSPS) is 18.9. The first-order chi connectivity index (χ1) is 15.6. The van der Waals surface area contributed by atoms with Crippen LogP contribution in [0.5, 0.6) is 23.0 Å². The van der Waals surface area contributed by atoms with Crippen molar-refractivity contribution in [1.29, 1.82) is 0 Å². The molecule has 0 amide bonds. The molecule has 0 bridgehead atoms. The number of hydrogen-bond acceptors (Lipinski definition) is 6. The number of hydrazone groups is 1. The van der Waals surface area contributed by atoms with Crippen LogP contribution in [0.2, 0.25) is 0 Å². The van der Waals surface area contributed by atoms with Gasteiger partial charge in [-0.2, -0.15) is 5.10 Å². The lowest BCUT2D eigenvalue weighted by molar-refractivity contribution is -0.0192. The van der Waals surface area contributed by atoms with Crippen molar-refractivity contribution in [3.8, 4) is 23.0 Å². The predicted octanol–water partition coefficient (Wildman–Crippen LogP) is 5.09. The van der Waals surface area contributed by atoms with E-state index in [1.54, 1.807) is 33.5 Å². The third-order valence-corrected chi connectivity index (χ3v) is 5.85. The lowest BCUT2D eigenvalue weighted by Gasteiger charge is -2.38. The molecule has 3 aromatic rings. The van der Waals surface area contributed by atoms with Crippen LogP contribution in [0.1, 0.15) is 35.4 Å². The zero-order valence-corrected chi connectivity index (χ0v) is 18.0. The van der Waals surface area contributed by atoms with Crippen molar-refractivity contribution in [2.75, 3.05) is 21.3 Å². The SMILES string of the molecule is COc1cc([C@H]2Oc3ccccc3[C@H]3CC(c4ccc(F)cc4)=NN32)cc(OC)c1OC. The molecule has 0 fully saturated rings. The molecule has 2 atom stereocenters. The van der Waals surface area contributed by atoms with E-state index in [2.05, 4.69) is 6.07 Å². The van der Waals surface area contributed by atoms with E-state index >= 15 is 0 Å². The quantitative estimate of drug-likeness (QED) is 0.560. The van der Waals surface area contributed by atoms with Gasteiger partial charge in [-0.05, 0) is 35.9 Å². The highest BCUT2D eigenvalue weighted by molar-refractivity contribution is 6.01. The molecule has 0 aliphatic carbocycles. The molecule has 2 aliphatic rings. The minimum Gasteiger partial charge on any atom is -0.493 e. The minimum absolute atomic E-state index is 0.0101. The molecule has 0 radical (unpaired) electrons. The minimum atomic E-state index is -0.499. The fourth-order valence-corrected chi connectivity index (χ4v) is 4.31. The van der Waals surface area contributed by atoms with Gasteiger partial charge in [-0.25, -0.2) is 9.40 Å². The van der Waals surface area contributed by atoms with Crippen LogP contribution in [-0.2, 0) is 0 Å². The second-order valence-electron chi connectivity index (χ2n) is 7.62. The van der Waals surface area contributed by atoms with E-state index in [1.807, 2.05) is 35.3 Å². The zero-order valence-electron chi connectivity index (χ0n) is 18.0. The molecule has 164 valence electrons. The number of nitrogens with zero attached hydrogens (tertiary/aromatic N) is 2. The number of benzene rings is 3. The molecular formula is C25H23FN2O4. The maximum absolute atomic E-state index is 13.5. The van der Waals surface area contributed by atoms with Crippen LogP contribution in [0.25, 0.3) is 0 Å². The Hall–Kier alpha value is -3.74. The Bertz CT molecular complexity index is 1150. The summed E-state index contributed by atoms with van der Waals surface area (Å²) in [6, 6.07) is 18.1. The van der Waals surface area contributed by atoms with Crippen LogP contribution in [0.15, 0.2) is 65.8 Å². The van der Waals surface area contributed by atoms with Gasteiger partial charge in [0.25, 0.3) is 0 Å². The summed E-state index contributed by atoms with van der Waals surface area (Å²) in [7, 11) is 4.74. The highest BCUT2D eigenvalue weighted by Gasteiger charge is 2.41. The fourth-order valence-electron chi connectivity index (χ4n) is 4.31. The molecule has 32 heavy (non-hydrogen) atoms. The summed E-state index contributed by atoms with van der Waals surface area (Å²) in [6.07, 6.45) is 0.189. The van der Waals surface area contributed by atoms with E-state index in [-0.39, 0.29) is 11.9 Å². The smallest absolute Gasteiger partial charge is 0.214 e. The Morgan fingerprint density at radius 2 is 1.62 bits per heavy atom. The zero-order chi connectivity index (χ0) is 22.2. The molecule has 5 rings (SSSR count). The first kappa shape index (κ1) is 20.2. The van der Waals surface area contributed by atoms with Crippen LogP contribution in [0.4, 0.5) is 4.39 Å². The second kappa shape index (κ2) is 8.07. The Morgan fingerprint density at radius 1 is 0.938 bits per heavy atom. The first-order valence-corrected chi connectivity index (χ1v) is 10.3. The molecule has 0 saturated heterocycles. The monoisotopic (exact) mass is 434 g/mol. The number of fused-ring (bicyclic) bond motifs is 3. The van der Waals surface area contributed by atoms with Crippen LogP contribution in [0.3, 0.4) is 0 Å². The van der Waals surface area contributed by atoms with Crippen molar-refractivity contribution in [3.63, 3.8) is 0 Å². The summed E-state index contributed by atoms with van der Waals surface area (Å²) in [6.45, 7) is 0. The van der Waals surface area contributed by atoms with Gasteiger partial charge in [-0.3, -0.25) is 0 Å². The van der Waals surface area contributed by atoms with Gasteiger partial charge in [-0.15, -0.1) is 0 Å². The molecule has 6 nitrogen and oxygen atoms in total. The maximum atomic E-state index is 13.5. The first-order valence-electron chi connectivity index (χ1n) is 10.3. The van der Waals surface area contributed by atoms with Gasteiger partial charge in [0.15, 0.2) is 11.5 Å². The lowest BCUT2D eigenvalue weighted by atomic mass is 9.96. The van der Waals surface area contributed by atoms with E-state index in [0.29, 0.717) is 23.7 Å². The molecule has 3 aromatic carbocycles. The number of methoxy groups -OCH3 is 3. The second-order valence-corrected chi connectivity index (χ2v) is 7.62. The standard InChI is InChI=1S/C25H23FN2O4/c1-29-22-12-16(13-23(30-2)24(22)31-3)25-28-20(18-6-4-5-7-21(18)32-25)14-19(27-28)15-8-10-17(26)11-9-15/h4-13,20,25H,14H2,1-3H3/t20-,25-/m1/s1. The van der Waals surface area contributed by atoms with Crippen molar-refractivity contribution in [2.24, 2.45) is 5.10 Å². The molecule has 0 saturated carbocycles. The third kappa shape index (κ3) is 3.30.